The number of nitrogens with zero attached hydrogens (tertiary/aromatic N) is 1. The largest absolute Gasteiger partial charge is 0.383 e. The standard InChI is InChI=1S/C14H15ClFN3/c15-13-8-11(16)4-3-9(13)6-12(17)7-10-2-1-5-19-14(10)18/h1-5,8,12H,6-7,17H2,(H2,18,19). The van der Waals surface area contributed by atoms with Crippen molar-refractivity contribution < 1.29 is 4.39 Å². The van der Waals surface area contributed by atoms with E-state index in [0.717, 1.165) is 11.1 Å². The lowest BCUT2D eigenvalue weighted by atomic mass is 10.00. The second-order valence-corrected chi connectivity index (χ2v) is 4.86. The Morgan fingerprint density at radius 1 is 1.21 bits per heavy atom. The van der Waals surface area contributed by atoms with Crippen LogP contribution in [0.5, 0.6) is 0 Å². The number of rotatable bonds is 4. The molecule has 0 bridgehead atoms. The summed E-state index contributed by atoms with van der Waals surface area (Å²) >= 11 is 5.98. The van der Waals surface area contributed by atoms with Gasteiger partial charge in [-0.2, -0.15) is 0 Å². The minimum absolute atomic E-state index is 0.144. The maximum absolute atomic E-state index is 12.9. The fraction of sp³-hybridized carbons (Fsp3) is 0.214. The first-order chi connectivity index (χ1) is 9.06. The molecule has 4 N–H and O–H groups in total. The number of hydrogen-bond acceptors (Lipinski definition) is 3. The monoisotopic (exact) mass is 279 g/mol. The van der Waals surface area contributed by atoms with Crippen LogP contribution in [-0.4, -0.2) is 11.0 Å². The summed E-state index contributed by atoms with van der Waals surface area (Å²) < 4.78 is 12.9. The van der Waals surface area contributed by atoms with E-state index in [0.29, 0.717) is 23.7 Å². The quantitative estimate of drug-likeness (QED) is 0.904. The molecular weight excluding hydrogens is 265 g/mol. The molecule has 1 atom stereocenters. The predicted octanol–water partition coefficient (Wildman–Crippen LogP) is 2.57. The molecule has 1 unspecified atom stereocenters. The van der Waals surface area contributed by atoms with Crippen molar-refractivity contribution in [2.24, 2.45) is 5.73 Å². The number of nitrogens with two attached hydrogens (primary N) is 2. The molecule has 5 heteroatoms. The Morgan fingerprint density at radius 2 is 1.95 bits per heavy atom. The first kappa shape index (κ1) is 13.8. The van der Waals surface area contributed by atoms with Gasteiger partial charge in [-0.05, 0) is 42.2 Å². The highest BCUT2D eigenvalue weighted by atomic mass is 35.5. The highest BCUT2D eigenvalue weighted by molar-refractivity contribution is 6.31. The third kappa shape index (κ3) is 3.66. The average molecular weight is 280 g/mol. The van der Waals surface area contributed by atoms with Gasteiger partial charge >= 0.3 is 0 Å². The van der Waals surface area contributed by atoms with Crippen LogP contribution in [0.25, 0.3) is 0 Å². The molecule has 19 heavy (non-hydrogen) atoms. The Bertz CT molecular complexity index is 574. The molecule has 0 aliphatic carbocycles. The van der Waals surface area contributed by atoms with E-state index < -0.39 is 0 Å². The highest BCUT2D eigenvalue weighted by Crippen LogP contribution is 2.20. The summed E-state index contributed by atoms with van der Waals surface area (Å²) in [6, 6.07) is 7.91. The van der Waals surface area contributed by atoms with Gasteiger partial charge in [-0.25, -0.2) is 9.37 Å². The summed E-state index contributed by atoms with van der Waals surface area (Å²) in [4.78, 5) is 4.01. The lowest BCUT2D eigenvalue weighted by molar-refractivity contribution is 0.623. The van der Waals surface area contributed by atoms with Crippen LogP contribution in [0, 0.1) is 5.82 Å². The molecular formula is C14H15ClFN3. The van der Waals surface area contributed by atoms with E-state index in [-0.39, 0.29) is 11.9 Å². The first-order valence-electron chi connectivity index (χ1n) is 5.95. The van der Waals surface area contributed by atoms with Crippen molar-refractivity contribution in [2.45, 2.75) is 18.9 Å². The molecule has 0 saturated carbocycles. The highest BCUT2D eigenvalue weighted by Gasteiger charge is 2.10. The Hall–Kier alpha value is -1.65. The molecule has 0 aliphatic heterocycles. The molecule has 0 fully saturated rings. The predicted molar refractivity (Wildman–Crippen MR) is 75.4 cm³/mol. The Morgan fingerprint density at radius 3 is 2.63 bits per heavy atom. The van der Waals surface area contributed by atoms with Gasteiger partial charge in [-0.1, -0.05) is 23.7 Å². The zero-order chi connectivity index (χ0) is 13.8. The van der Waals surface area contributed by atoms with Crippen molar-refractivity contribution in [2.75, 3.05) is 5.73 Å². The van der Waals surface area contributed by atoms with Crippen molar-refractivity contribution >= 4 is 17.4 Å². The summed E-state index contributed by atoms with van der Waals surface area (Å²) in [5, 5.41) is 0.398. The van der Waals surface area contributed by atoms with Crippen molar-refractivity contribution in [3.8, 4) is 0 Å². The summed E-state index contributed by atoms with van der Waals surface area (Å²) in [5.41, 5.74) is 13.6. The fourth-order valence-corrected chi connectivity index (χ4v) is 2.19. The molecule has 2 rings (SSSR count). The van der Waals surface area contributed by atoms with Crippen LogP contribution in [0.1, 0.15) is 11.1 Å². The van der Waals surface area contributed by atoms with Crippen molar-refractivity contribution in [3.05, 3.63) is 58.5 Å². The molecule has 1 heterocycles. The molecule has 0 saturated heterocycles. The second kappa shape index (κ2) is 5.99. The van der Waals surface area contributed by atoms with E-state index in [1.807, 2.05) is 12.1 Å². The van der Waals surface area contributed by atoms with Gasteiger partial charge in [0.2, 0.25) is 0 Å². The minimum Gasteiger partial charge on any atom is -0.383 e. The van der Waals surface area contributed by atoms with Crippen molar-refractivity contribution in [1.29, 1.82) is 0 Å². The number of aromatic nitrogens is 1. The third-order valence-corrected chi connectivity index (χ3v) is 3.26. The fourth-order valence-electron chi connectivity index (χ4n) is 1.95. The number of pyridine rings is 1. The minimum atomic E-state index is -0.348. The Labute approximate surface area is 116 Å². The van der Waals surface area contributed by atoms with Crippen LogP contribution >= 0.6 is 11.6 Å². The normalized spacial score (nSPS) is 12.4. The van der Waals surface area contributed by atoms with Crippen molar-refractivity contribution in [1.82, 2.24) is 4.98 Å². The topological polar surface area (TPSA) is 64.9 Å². The van der Waals surface area contributed by atoms with Gasteiger partial charge in [0.15, 0.2) is 0 Å². The molecule has 2 aromatic rings. The lowest BCUT2D eigenvalue weighted by Gasteiger charge is -2.13. The van der Waals surface area contributed by atoms with Crippen LogP contribution < -0.4 is 11.5 Å². The van der Waals surface area contributed by atoms with E-state index >= 15 is 0 Å². The summed E-state index contributed by atoms with van der Waals surface area (Å²) in [5.74, 6) is 0.141. The summed E-state index contributed by atoms with van der Waals surface area (Å²) in [7, 11) is 0. The lowest BCUT2D eigenvalue weighted by Crippen LogP contribution is -2.26. The van der Waals surface area contributed by atoms with Gasteiger partial charge in [-0.15, -0.1) is 0 Å². The van der Waals surface area contributed by atoms with Crippen LogP contribution in [-0.2, 0) is 12.8 Å². The smallest absolute Gasteiger partial charge is 0.126 e. The second-order valence-electron chi connectivity index (χ2n) is 4.45. The average Bonchev–Trinajstić information content (AvgIpc) is 2.36. The van der Waals surface area contributed by atoms with E-state index in [9.17, 15) is 4.39 Å². The van der Waals surface area contributed by atoms with Crippen LogP contribution in [0.15, 0.2) is 36.5 Å². The van der Waals surface area contributed by atoms with Gasteiger partial charge in [0.1, 0.15) is 11.6 Å². The van der Waals surface area contributed by atoms with Crippen molar-refractivity contribution in [3.63, 3.8) is 0 Å². The molecule has 3 nitrogen and oxygen atoms in total. The Kier molecular flexibility index (Phi) is 4.35. The van der Waals surface area contributed by atoms with Gasteiger partial charge in [0.25, 0.3) is 0 Å². The van der Waals surface area contributed by atoms with Crippen LogP contribution in [0.3, 0.4) is 0 Å². The first-order valence-corrected chi connectivity index (χ1v) is 6.33. The van der Waals surface area contributed by atoms with E-state index in [1.54, 1.807) is 12.3 Å². The van der Waals surface area contributed by atoms with E-state index in [2.05, 4.69) is 4.98 Å². The molecule has 0 radical (unpaired) electrons. The number of hydrogen-bond donors (Lipinski definition) is 2. The van der Waals surface area contributed by atoms with E-state index in [4.69, 9.17) is 23.1 Å². The van der Waals surface area contributed by atoms with Gasteiger partial charge in [-0.3, -0.25) is 0 Å². The van der Waals surface area contributed by atoms with Crippen LogP contribution in [0.4, 0.5) is 10.2 Å². The van der Waals surface area contributed by atoms with Gasteiger partial charge in [0, 0.05) is 17.3 Å². The molecule has 0 amide bonds. The zero-order valence-electron chi connectivity index (χ0n) is 10.3. The van der Waals surface area contributed by atoms with E-state index in [1.165, 1.54) is 12.1 Å². The van der Waals surface area contributed by atoms with Gasteiger partial charge in [0.05, 0.1) is 0 Å². The number of halogens is 2. The molecule has 1 aromatic carbocycles. The third-order valence-electron chi connectivity index (χ3n) is 2.91. The number of benzene rings is 1. The van der Waals surface area contributed by atoms with Gasteiger partial charge < -0.3 is 11.5 Å². The molecule has 1 aromatic heterocycles. The molecule has 0 spiro atoms. The molecule has 100 valence electrons. The number of anilines is 1. The summed E-state index contributed by atoms with van der Waals surface area (Å²) in [6.07, 6.45) is 2.81. The molecule has 0 aliphatic rings. The summed E-state index contributed by atoms with van der Waals surface area (Å²) in [6.45, 7) is 0. The zero-order valence-corrected chi connectivity index (χ0v) is 11.1. The number of nitrogen functional groups attached to an aromatic ring is 1. The Balaban J connectivity index is 2.05. The van der Waals surface area contributed by atoms with Crippen LogP contribution in [0.2, 0.25) is 5.02 Å². The SMILES string of the molecule is Nc1ncccc1CC(N)Cc1ccc(F)cc1Cl. The maximum atomic E-state index is 12.9. The maximum Gasteiger partial charge on any atom is 0.126 e.